The Morgan fingerprint density at radius 2 is 2.00 bits per heavy atom. The minimum absolute atomic E-state index is 0.0343. The van der Waals surface area contributed by atoms with E-state index in [1.165, 1.54) is 30.0 Å². The zero-order valence-electron chi connectivity index (χ0n) is 17.8. The van der Waals surface area contributed by atoms with Gasteiger partial charge >= 0.3 is 6.18 Å². The van der Waals surface area contributed by atoms with Crippen LogP contribution in [0.3, 0.4) is 0 Å². The van der Waals surface area contributed by atoms with Gasteiger partial charge < -0.3 is 15.5 Å². The molecule has 8 heteroatoms. The van der Waals surface area contributed by atoms with Crippen LogP contribution in [0, 0.1) is 11.7 Å². The molecular weight excluding hydrogens is 434 g/mol. The molecule has 0 radical (unpaired) electrons. The van der Waals surface area contributed by atoms with Crippen LogP contribution < -0.4 is 15.5 Å². The number of carbonyl (C=O) groups excluding carboxylic acids is 1. The third-order valence-corrected chi connectivity index (χ3v) is 6.61. The molecule has 2 aromatic carbocycles. The number of rotatable bonds is 3. The van der Waals surface area contributed by atoms with Gasteiger partial charge in [0.1, 0.15) is 5.82 Å². The predicted octanol–water partition coefficient (Wildman–Crippen LogP) is 6.19. The van der Waals surface area contributed by atoms with E-state index in [1.54, 1.807) is 17.0 Å². The standard InChI is InChI=1S/C25H23F4N3O/c26-20-6-3-7-21-23(20)18(24(33)31-21)13-30-17-8-9-22(19(12-17)25(27,28)29)32-11-10-15-4-1-2-5-16(15)14-32/h3,5-9,12-13,15,30H,1-2,4,10-11,14H2,(H,31,33). The second-order valence-corrected chi connectivity index (χ2v) is 8.67. The van der Waals surface area contributed by atoms with E-state index in [-0.39, 0.29) is 22.5 Å². The van der Waals surface area contributed by atoms with Gasteiger partial charge in [-0.05, 0) is 61.9 Å². The average Bonchev–Trinajstić information content (AvgIpc) is 3.13. The van der Waals surface area contributed by atoms with E-state index in [2.05, 4.69) is 16.7 Å². The van der Waals surface area contributed by atoms with Crippen LogP contribution in [0.4, 0.5) is 34.6 Å². The van der Waals surface area contributed by atoms with Gasteiger partial charge in [-0.15, -0.1) is 0 Å². The van der Waals surface area contributed by atoms with E-state index in [9.17, 15) is 22.4 Å². The first-order chi connectivity index (χ1) is 15.8. The monoisotopic (exact) mass is 457 g/mol. The fourth-order valence-electron chi connectivity index (χ4n) is 4.97. The first kappa shape index (κ1) is 21.6. The summed E-state index contributed by atoms with van der Waals surface area (Å²) in [5.74, 6) is -0.609. The molecule has 1 unspecified atom stereocenters. The number of nitrogens with zero attached hydrogens (tertiary/aromatic N) is 1. The molecular formula is C25H23F4N3O. The molecule has 1 amide bonds. The quantitative estimate of drug-likeness (QED) is 0.328. The van der Waals surface area contributed by atoms with Crippen LogP contribution in [0.1, 0.15) is 36.8 Å². The summed E-state index contributed by atoms with van der Waals surface area (Å²) >= 11 is 0. The van der Waals surface area contributed by atoms with Crippen LogP contribution in [0.25, 0.3) is 5.57 Å². The van der Waals surface area contributed by atoms with E-state index in [0.29, 0.717) is 24.7 Å². The van der Waals surface area contributed by atoms with Crippen LogP contribution in [-0.2, 0) is 11.0 Å². The number of piperidine rings is 1. The number of halogens is 4. The molecule has 5 rings (SSSR count). The molecule has 2 heterocycles. The molecule has 33 heavy (non-hydrogen) atoms. The van der Waals surface area contributed by atoms with Gasteiger partial charge in [0.05, 0.1) is 16.8 Å². The lowest BCUT2D eigenvalue weighted by Crippen LogP contribution is -2.37. The minimum atomic E-state index is -4.54. The Bertz CT molecular complexity index is 1170. The van der Waals surface area contributed by atoms with E-state index in [1.807, 2.05) is 0 Å². The first-order valence-electron chi connectivity index (χ1n) is 11.0. The molecule has 2 N–H and O–H groups in total. The van der Waals surface area contributed by atoms with Gasteiger partial charge in [0, 0.05) is 36.2 Å². The largest absolute Gasteiger partial charge is 0.418 e. The van der Waals surface area contributed by atoms with Crippen molar-refractivity contribution in [3.63, 3.8) is 0 Å². The number of allylic oxidation sites excluding steroid dienone is 1. The van der Waals surface area contributed by atoms with Crippen LogP contribution in [0.2, 0.25) is 0 Å². The molecule has 1 fully saturated rings. The fourth-order valence-corrected chi connectivity index (χ4v) is 4.97. The van der Waals surface area contributed by atoms with Gasteiger partial charge in [0.25, 0.3) is 5.91 Å². The molecule has 0 aromatic heterocycles. The highest BCUT2D eigenvalue weighted by Gasteiger charge is 2.37. The first-order valence-corrected chi connectivity index (χ1v) is 11.0. The summed E-state index contributed by atoms with van der Waals surface area (Å²) in [6.45, 7) is 1.10. The number of fused-ring (bicyclic) bond motifs is 2. The normalized spacial score (nSPS) is 21.4. The number of amides is 1. The Hall–Kier alpha value is -3.29. The van der Waals surface area contributed by atoms with Crippen LogP contribution in [-0.4, -0.2) is 19.0 Å². The number of carbonyl (C=O) groups is 1. The van der Waals surface area contributed by atoms with Crippen molar-refractivity contribution in [3.05, 3.63) is 71.2 Å². The molecule has 0 bridgehead atoms. The summed E-state index contributed by atoms with van der Waals surface area (Å²) in [5, 5.41) is 5.31. The third kappa shape index (κ3) is 4.10. The molecule has 1 atom stereocenters. The summed E-state index contributed by atoms with van der Waals surface area (Å²) < 4.78 is 56.1. The van der Waals surface area contributed by atoms with Crippen LogP contribution in [0.5, 0.6) is 0 Å². The molecule has 3 aliphatic rings. The zero-order chi connectivity index (χ0) is 23.2. The Labute approximate surface area is 189 Å². The molecule has 0 spiro atoms. The summed E-state index contributed by atoms with van der Waals surface area (Å²) in [6, 6.07) is 8.34. The molecule has 1 saturated heterocycles. The summed E-state index contributed by atoms with van der Waals surface area (Å²) in [4.78, 5) is 14.0. The minimum Gasteiger partial charge on any atom is -0.367 e. The van der Waals surface area contributed by atoms with Crippen molar-refractivity contribution in [2.24, 2.45) is 5.92 Å². The molecule has 2 aromatic rings. The SMILES string of the molecule is O=C1Nc2cccc(F)c2C1=CNc1ccc(N2CCC3CCCC=C3C2)c(C(F)(F)F)c1. The maximum Gasteiger partial charge on any atom is 0.418 e. The Morgan fingerprint density at radius 1 is 1.15 bits per heavy atom. The molecule has 4 nitrogen and oxygen atoms in total. The van der Waals surface area contributed by atoms with Gasteiger partial charge in [-0.3, -0.25) is 4.79 Å². The van der Waals surface area contributed by atoms with Crippen molar-refractivity contribution in [2.75, 3.05) is 28.6 Å². The van der Waals surface area contributed by atoms with Crippen molar-refractivity contribution in [1.29, 1.82) is 0 Å². The van der Waals surface area contributed by atoms with Crippen molar-refractivity contribution in [2.45, 2.75) is 31.9 Å². The zero-order valence-corrected chi connectivity index (χ0v) is 17.8. The average molecular weight is 457 g/mol. The van der Waals surface area contributed by atoms with Crippen LogP contribution in [0.15, 0.2) is 54.2 Å². The Kier molecular flexibility index (Phi) is 5.38. The van der Waals surface area contributed by atoms with Gasteiger partial charge in [-0.25, -0.2) is 4.39 Å². The highest BCUT2D eigenvalue weighted by Crippen LogP contribution is 2.41. The van der Waals surface area contributed by atoms with E-state index >= 15 is 0 Å². The van der Waals surface area contributed by atoms with Crippen LogP contribution >= 0.6 is 0 Å². The summed E-state index contributed by atoms with van der Waals surface area (Å²) in [6.07, 6.45) is 2.99. The number of hydrogen-bond donors (Lipinski definition) is 2. The van der Waals surface area contributed by atoms with Crippen molar-refractivity contribution in [3.8, 4) is 0 Å². The van der Waals surface area contributed by atoms with Crippen molar-refractivity contribution >= 4 is 28.5 Å². The van der Waals surface area contributed by atoms with E-state index < -0.39 is 23.5 Å². The number of anilines is 3. The lowest BCUT2D eigenvalue weighted by atomic mass is 9.82. The van der Waals surface area contributed by atoms with Gasteiger partial charge in [0.2, 0.25) is 0 Å². The van der Waals surface area contributed by atoms with Gasteiger partial charge in [-0.2, -0.15) is 13.2 Å². The molecule has 0 saturated carbocycles. The third-order valence-electron chi connectivity index (χ3n) is 6.61. The highest BCUT2D eigenvalue weighted by atomic mass is 19.4. The second kappa shape index (κ2) is 8.24. The fraction of sp³-hybridized carbons (Fsp3) is 0.320. The maximum absolute atomic E-state index is 14.2. The highest BCUT2D eigenvalue weighted by molar-refractivity contribution is 6.31. The summed E-state index contributed by atoms with van der Waals surface area (Å²) in [5.41, 5.74) is 1.30. The molecule has 172 valence electrons. The topological polar surface area (TPSA) is 44.4 Å². The number of hydrogen-bond acceptors (Lipinski definition) is 3. The lowest BCUT2D eigenvalue weighted by Gasteiger charge is -2.38. The van der Waals surface area contributed by atoms with E-state index in [4.69, 9.17) is 0 Å². The van der Waals surface area contributed by atoms with Gasteiger partial charge in [-0.1, -0.05) is 17.7 Å². The smallest absolute Gasteiger partial charge is 0.367 e. The lowest BCUT2D eigenvalue weighted by molar-refractivity contribution is -0.137. The predicted molar refractivity (Wildman–Crippen MR) is 120 cm³/mol. The maximum atomic E-state index is 14.2. The Morgan fingerprint density at radius 3 is 2.82 bits per heavy atom. The summed E-state index contributed by atoms with van der Waals surface area (Å²) in [7, 11) is 0. The number of nitrogens with one attached hydrogen (secondary N) is 2. The van der Waals surface area contributed by atoms with E-state index in [0.717, 1.165) is 31.7 Å². The second-order valence-electron chi connectivity index (χ2n) is 8.67. The number of alkyl halides is 3. The van der Waals surface area contributed by atoms with Gasteiger partial charge in [0.15, 0.2) is 0 Å². The van der Waals surface area contributed by atoms with Crippen molar-refractivity contribution in [1.82, 2.24) is 0 Å². The Balaban J connectivity index is 1.44. The molecule has 2 aliphatic heterocycles. The van der Waals surface area contributed by atoms with Crippen molar-refractivity contribution < 1.29 is 22.4 Å². The molecule has 1 aliphatic carbocycles. The number of benzene rings is 2.